The van der Waals surface area contributed by atoms with Crippen molar-refractivity contribution in [3.63, 3.8) is 0 Å². The molecule has 6 nitrogen and oxygen atoms in total. The fraction of sp³-hybridized carbons (Fsp3) is 0.412. The number of amides is 2. The standard InChI is InChI=1S/C17H19Cl3N2O4/c1-3-8-25-12-7-5-4-6-11(12)14-13(10(2)21-16(24)22-14)15(23)26-9-17(18,19)20/h4-7,14H,3,8-9H2,1-2H3,(H2,21,22,24). The van der Waals surface area contributed by atoms with Crippen molar-refractivity contribution < 1.29 is 19.1 Å². The summed E-state index contributed by atoms with van der Waals surface area (Å²) in [5.41, 5.74) is 1.21. The van der Waals surface area contributed by atoms with Crippen LogP contribution in [0.3, 0.4) is 0 Å². The second-order valence-electron chi connectivity index (χ2n) is 5.65. The number of ether oxygens (including phenoxy) is 2. The fourth-order valence-electron chi connectivity index (χ4n) is 2.49. The number of hydrogen-bond donors (Lipinski definition) is 2. The minimum atomic E-state index is -1.73. The highest BCUT2D eigenvalue weighted by Crippen LogP contribution is 2.34. The third kappa shape index (κ3) is 5.43. The monoisotopic (exact) mass is 420 g/mol. The normalized spacial score (nSPS) is 17.4. The smallest absolute Gasteiger partial charge is 0.338 e. The first-order valence-corrected chi connectivity index (χ1v) is 9.10. The summed E-state index contributed by atoms with van der Waals surface area (Å²) in [6, 6.07) is 5.97. The number of nitrogens with one attached hydrogen (secondary N) is 2. The Kier molecular flexibility index (Phi) is 7.03. The number of hydrogen-bond acceptors (Lipinski definition) is 4. The molecule has 1 atom stereocenters. The molecule has 1 aliphatic heterocycles. The number of benzene rings is 1. The SMILES string of the molecule is CCCOc1ccccc1C1NC(=O)NC(C)=C1C(=O)OCC(Cl)(Cl)Cl. The van der Waals surface area contributed by atoms with E-state index in [0.29, 0.717) is 23.6 Å². The Bertz CT molecular complexity index is 716. The number of halogens is 3. The summed E-state index contributed by atoms with van der Waals surface area (Å²) >= 11 is 16.9. The summed E-state index contributed by atoms with van der Waals surface area (Å²) in [5, 5.41) is 5.28. The topological polar surface area (TPSA) is 76.7 Å². The van der Waals surface area contributed by atoms with Crippen LogP contribution in [0.5, 0.6) is 5.75 Å². The van der Waals surface area contributed by atoms with Crippen LogP contribution >= 0.6 is 34.8 Å². The summed E-state index contributed by atoms with van der Waals surface area (Å²) in [4.78, 5) is 24.5. The quantitative estimate of drug-likeness (QED) is 0.537. The Morgan fingerprint density at radius 1 is 1.27 bits per heavy atom. The number of esters is 1. The zero-order valence-electron chi connectivity index (χ0n) is 14.3. The van der Waals surface area contributed by atoms with Gasteiger partial charge in [0.15, 0.2) is 0 Å². The molecule has 9 heteroatoms. The van der Waals surface area contributed by atoms with Crippen molar-refractivity contribution in [2.24, 2.45) is 0 Å². The zero-order valence-corrected chi connectivity index (χ0v) is 16.5. The van der Waals surface area contributed by atoms with Gasteiger partial charge in [0.2, 0.25) is 3.79 Å². The van der Waals surface area contributed by atoms with Gasteiger partial charge in [0.1, 0.15) is 12.4 Å². The van der Waals surface area contributed by atoms with Crippen LogP contribution in [0.15, 0.2) is 35.5 Å². The predicted molar refractivity (Wildman–Crippen MR) is 101 cm³/mol. The van der Waals surface area contributed by atoms with E-state index in [0.717, 1.165) is 6.42 Å². The van der Waals surface area contributed by atoms with Gasteiger partial charge in [-0.1, -0.05) is 59.9 Å². The summed E-state index contributed by atoms with van der Waals surface area (Å²) in [6.45, 7) is 3.68. The van der Waals surface area contributed by atoms with Crippen molar-refractivity contribution >= 4 is 46.8 Å². The van der Waals surface area contributed by atoms with E-state index in [-0.39, 0.29) is 5.57 Å². The predicted octanol–water partition coefficient (Wildman–Crippen LogP) is 4.02. The third-order valence-corrected chi connectivity index (χ3v) is 3.88. The maximum Gasteiger partial charge on any atom is 0.338 e. The molecule has 0 radical (unpaired) electrons. The van der Waals surface area contributed by atoms with E-state index in [2.05, 4.69) is 10.6 Å². The zero-order chi connectivity index (χ0) is 19.3. The molecule has 26 heavy (non-hydrogen) atoms. The highest BCUT2D eigenvalue weighted by Gasteiger charge is 2.35. The molecule has 0 fully saturated rings. The highest BCUT2D eigenvalue weighted by molar-refractivity contribution is 6.67. The van der Waals surface area contributed by atoms with Crippen molar-refractivity contribution in [2.45, 2.75) is 30.1 Å². The van der Waals surface area contributed by atoms with Crippen LogP contribution in [-0.4, -0.2) is 29.0 Å². The van der Waals surface area contributed by atoms with Gasteiger partial charge in [-0.15, -0.1) is 0 Å². The van der Waals surface area contributed by atoms with Crippen LogP contribution < -0.4 is 15.4 Å². The summed E-state index contributed by atoms with van der Waals surface area (Å²) < 4.78 is 9.11. The molecule has 0 saturated heterocycles. The number of rotatable bonds is 6. The van der Waals surface area contributed by atoms with Crippen LogP contribution in [0.25, 0.3) is 0 Å². The highest BCUT2D eigenvalue weighted by atomic mass is 35.6. The van der Waals surface area contributed by atoms with Crippen LogP contribution in [0.1, 0.15) is 31.9 Å². The van der Waals surface area contributed by atoms with Gasteiger partial charge in [0, 0.05) is 11.3 Å². The summed E-state index contributed by atoms with van der Waals surface area (Å²) in [6.07, 6.45) is 0.819. The van der Waals surface area contributed by atoms with Crippen molar-refractivity contribution in [2.75, 3.05) is 13.2 Å². The molecule has 1 aliphatic rings. The van der Waals surface area contributed by atoms with Gasteiger partial charge < -0.3 is 20.1 Å². The first-order chi connectivity index (χ1) is 12.2. The van der Waals surface area contributed by atoms with Crippen LogP contribution in [0.2, 0.25) is 0 Å². The molecule has 0 saturated carbocycles. The van der Waals surface area contributed by atoms with E-state index in [1.807, 2.05) is 13.0 Å². The number of allylic oxidation sites excluding steroid dienone is 1. The lowest BCUT2D eigenvalue weighted by molar-refractivity contribution is -0.139. The summed E-state index contributed by atoms with van der Waals surface area (Å²) in [5.74, 6) is -0.127. The second kappa shape index (κ2) is 8.84. The van der Waals surface area contributed by atoms with E-state index < -0.39 is 28.4 Å². The molecule has 0 aromatic heterocycles. The maximum atomic E-state index is 12.6. The molecular formula is C17H19Cl3N2O4. The van der Waals surface area contributed by atoms with Crippen molar-refractivity contribution in [3.05, 3.63) is 41.1 Å². The first-order valence-electron chi connectivity index (χ1n) is 7.96. The van der Waals surface area contributed by atoms with Crippen molar-refractivity contribution in [1.29, 1.82) is 0 Å². The molecular weight excluding hydrogens is 403 g/mol. The largest absolute Gasteiger partial charge is 0.493 e. The van der Waals surface area contributed by atoms with Gasteiger partial charge in [-0.2, -0.15) is 0 Å². The molecule has 2 N–H and O–H groups in total. The van der Waals surface area contributed by atoms with Crippen molar-refractivity contribution in [3.8, 4) is 5.75 Å². The van der Waals surface area contributed by atoms with E-state index in [1.54, 1.807) is 25.1 Å². The average molecular weight is 422 g/mol. The third-order valence-electron chi connectivity index (χ3n) is 3.55. The molecule has 0 bridgehead atoms. The van der Waals surface area contributed by atoms with E-state index in [9.17, 15) is 9.59 Å². The Balaban J connectivity index is 2.37. The lowest BCUT2D eigenvalue weighted by Crippen LogP contribution is -2.45. The molecule has 1 aromatic rings. The minimum absolute atomic E-state index is 0.214. The van der Waals surface area contributed by atoms with Crippen LogP contribution in [0.4, 0.5) is 4.79 Å². The Morgan fingerprint density at radius 3 is 2.62 bits per heavy atom. The number of urea groups is 1. The molecule has 1 unspecified atom stereocenters. The molecule has 2 rings (SSSR count). The van der Waals surface area contributed by atoms with Gasteiger partial charge in [-0.3, -0.25) is 0 Å². The second-order valence-corrected chi connectivity index (χ2v) is 8.16. The van der Waals surface area contributed by atoms with Gasteiger partial charge in [-0.25, -0.2) is 9.59 Å². The van der Waals surface area contributed by atoms with E-state index in [4.69, 9.17) is 44.3 Å². The van der Waals surface area contributed by atoms with Gasteiger partial charge in [0.05, 0.1) is 18.2 Å². The van der Waals surface area contributed by atoms with Crippen molar-refractivity contribution in [1.82, 2.24) is 10.6 Å². The minimum Gasteiger partial charge on any atom is -0.493 e. The summed E-state index contributed by atoms with van der Waals surface area (Å²) in [7, 11) is 0. The number of para-hydroxylation sites is 1. The molecule has 1 heterocycles. The lowest BCUT2D eigenvalue weighted by atomic mass is 9.95. The van der Waals surface area contributed by atoms with Gasteiger partial charge in [-0.05, 0) is 19.4 Å². The molecule has 142 valence electrons. The fourth-order valence-corrected chi connectivity index (χ4v) is 2.65. The number of carbonyl (C=O) groups excluding carboxylic acids is 2. The van der Waals surface area contributed by atoms with Crippen LogP contribution in [0, 0.1) is 0 Å². The molecule has 0 aliphatic carbocycles. The van der Waals surface area contributed by atoms with Gasteiger partial charge >= 0.3 is 12.0 Å². The Morgan fingerprint density at radius 2 is 1.96 bits per heavy atom. The molecule has 1 aromatic carbocycles. The Hall–Kier alpha value is -1.63. The average Bonchev–Trinajstić information content (AvgIpc) is 2.57. The number of carbonyl (C=O) groups is 2. The maximum absolute atomic E-state index is 12.6. The lowest BCUT2D eigenvalue weighted by Gasteiger charge is -2.29. The molecule has 0 spiro atoms. The number of alkyl halides is 3. The first kappa shape index (κ1) is 20.7. The van der Waals surface area contributed by atoms with E-state index in [1.165, 1.54) is 0 Å². The van der Waals surface area contributed by atoms with E-state index >= 15 is 0 Å². The Labute approximate surface area is 166 Å². The van der Waals surface area contributed by atoms with Gasteiger partial charge in [0.25, 0.3) is 0 Å². The van der Waals surface area contributed by atoms with Crippen LogP contribution in [-0.2, 0) is 9.53 Å². The molecule has 2 amide bonds.